The summed E-state index contributed by atoms with van der Waals surface area (Å²) >= 11 is 4.77. The molecule has 0 atom stereocenters. The predicted octanol–water partition coefficient (Wildman–Crippen LogP) is 13.0. The van der Waals surface area contributed by atoms with Crippen molar-refractivity contribution in [1.29, 1.82) is 0 Å². The Hall–Kier alpha value is -4.54. The molecule has 0 radical (unpaired) electrons. The van der Waals surface area contributed by atoms with E-state index < -0.39 is 0 Å². The number of benzene rings is 4. The molecular formula is C42H37N3S3. The number of anilines is 3. The van der Waals surface area contributed by atoms with Crippen LogP contribution in [-0.4, -0.2) is 8.75 Å². The van der Waals surface area contributed by atoms with Crippen molar-refractivity contribution in [2.45, 2.75) is 52.9 Å². The van der Waals surface area contributed by atoms with Gasteiger partial charge in [-0.1, -0.05) is 91.8 Å². The highest BCUT2D eigenvalue weighted by atomic mass is 32.1. The largest absolute Gasteiger partial charge is 0.311 e. The summed E-state index contributed by atoms with van der Waals surface area (Å²) in [5, 5.41) is 0. The minimum absolute atomic E-state index is 0.950. The maximum atomic E-state index is 5.94. The van der Waals surface area contributed by atoms with Crippen LogP contribution in [0.4, 0.5) is 17.1 Å². The van der Waals surface area contributed by atoms with E-state index in [0.717, 1.165) is 50.5 Å². The molecule has 0 aliphatic heterocycles. The van der Waals surface area contributed by atoms with Crippen LogP contribution in [0.25, 0.3) is 42.4 Å². The van der Waals surface area contributed by atoms with Gasteiger partial charge in [0.15, 0.2) is 0 Å². The monoisotopic (exact) mass is 679 g/mol. The number of aromatic nitrogens is 2. The van der Waals surface area contributed by atoms with Gasteiger partial charge in [0.1, 0.15) is 11.0 Å². The number of fused-ring (bicyclic) bond motifs is 1. The van der Waals surface area contributed by atoms with Crippen molar-refractivity contribution in [2.24, 2.45) is 0 Å². The molecule has 0 spiro atoms. The molecule has 0 amide bonds. The van der Waals surface area contributed by atoms with Gasteiger partial charge in [-0.15, -0.1) is 29.1 Å². The van der Waals surface area contributed by atoms with Crippen molar-refractivity contribution in [1.82, 2.24) is 8.75 Å². The summed E-state index contributed by atoms with van der Waals surface area (Å²) in [7, 11) is 0. The number of hydrogen-bond donors (Lipinski definition) is 0. The van der Waals surface area contributed by atoms with Gasteiger partial charge >= 0.3 is 0 Å². The first-order valence-corrected chi connectivity index (χ1v) is 18.9. The van der Waals surface area contributed by atoms with Crippen LogP contribution in [0.5, 0.6) is 0 Å². The first-order valence-electron chi connectivity index (χ1n) is 16.5. The molecule has 0 fully saturated rings. The van der Waals surface area contributed by atoms with Gasteiger partial charge in [-0.25, -0.2) is 0 Å². The number of thiophene rings is 2. The molecule has 3 nitrogen and oxygen atoms in total. The van der Waals surface area contributed by atoms with Crippen molar-refractivity contribution in [3.05, 3.63) is 125 Å². The molecule has 7 aromatic rings. The van der Waals surface area contributed by atoms with Crippen LogP contribution >= 0.6 is 34.4 Å². The van der Waals surface area contributed by atoms with Gasteiger partial charge in [0.25, 0.3) is 0 Å². The fourth-order valence-corrected chi connectivity index (χ4v) is 8.78. The molecule has 0 aliphatic carbocycles. The van der Waals surface area contributed by atoms with Crippen molar-refractivity contribution >= 4 is 62.5 Å². The molecule has 3 aromatic heterocycles. The minimum atomic E-state index is 0.950. The molecule has 3 heterocycles. The number of aryl methyl sites for hydroxylation is 3. The van der Waals surface area contributed by atoms with Gasteiger partial charge in [-0.05, 0) is 92.4 Å². The van der Waals surface area contributed by atoms with Gasteiger partial charge in [0.2, 0.25) is 0 Å². The molecule has 0 saturated carbocycles. The third kappa shape index (κ3) is 6.59. The van der Waals surface area contributed by atoms with Crippen LogP contribution in [0.2, 0.25) is 0 Å². The molecule has 48 heavy (non-hydrogen) atoms. The summed E-state index contributed by atoms with van der Waals surface area (Å²) in [5.74, 6) is 2.94. The zero-order valence-corrected chi connectivity index (χ0v) is 29.9. The number of unbranched alkanes of at least 4 members (excludes halogenated alkanes) is 3. The molecule has 7 rings (SSSR count). The Bertz CT molecular complexity index is 2150. The lowest BCUT2D eigenvalue weighted by Crippen LogP contribution is -2.09. The fraction of sp³-hybridized carbons (Fsp3) is 0.190. The van der Waals surface area contributed by atoms with Crippen LogP contribution < -0.4 is 4.90 Å². The summed E-state index contributed by atoms with van der Waals surface area (Å²) in [6.45, 7) is 6.49. The average Bonchev–Trinajstić information content (AvgIpc) is 3.89. The van der Waals surface area contributed by atoms with Crippen LogP contribution in [0, 0.1) is 26.2 Å². The molecule has 0 saturated heterocycles. The molecule has 0 N–H and O–H groups in total. The maximum Gasteiger partial charge on any atom is 0.114 e. The summed E-state index contributed by atoms with van der Waals surface area (Å²) in [4.78, 5) is 6.93. The van der Waals surface area contributed by atoms with E-state index >= 15 is 0 Å². The highest BCUT2D eigenvalue weighted by Crippen LogP contribution is 2.43. The van der Waals surface area contributed by atoms with E-state index in [0.29, 0.717) is 0 Å². The lowest BCUT2D eigenvalue weighted by molar-refractivity contribution is 0.667. The van der Waals surface area contributed by atoms with E-state index in [4.69, 9.17) is 15.2 Å². The van der Waals surface area contributed by atoms with E-state index in [9.17, 15) is 0 Å². The Morgan fingerprint density at radius 2 is 1.19 bits per heavy atom. The zero-order valence-electron chi connectivity index (χ0n) is 27.5. The highest BCUT2D eigenvalue weighted by molar-refractivity contribution is 7.19. The van der Waals surface area contributed by atoms with Crippen LogP contribution in [0.3, 0.4) is 0 Å². The normalized spacial score (nSPS) is 11.2. The second-order valence-corrected chi connectivity index (χ2v) is 14.9. The van der Waals surface area contributed by atoms with E-state index in [1.807, 2.05) is 0 Å². The van der Waals surface area contributed by atoms with E-state index in [1.54, 1.807) is 22.7 Å². The van der Waals surface area contributed by atoms with Gasteiger partial charge in [-0.2, -0.15) is 8.75 Å². The first-order chi connectivity index (χ1) is 23.5. The van der Waals surface area contributed by atoms with Crippen molar-refractivity contribution in [3.63, 3.8) is 0 Å². The van der Waals surface area contributed by atoms with Gasteiger partial charge in [0, 0.05) is 42.8 Å². The standard InChI is InChI=1S/C42H37N3S3/c1-5-7-8-9-10-31-27-40(46-37(31)6-2)36-24-23-35(41-42(36)44-48-43-41)39-26-25-38(47-39)30-15-21-34(22-16-30)45(32-17-11-28(3)12-18-32)33-19-13-29(4)14-20-33/h2,11-27H,5,7-10H2,1,3-4H3. The number of terminal acetylenes is 1. The fourth-order valence-electron chi connectivity index (χ4n) is 6.12. The summed E-state index contributed by atoms with van der Waals surface area (Å²) in [5.41, 5.74) is 12.5. The van der Waals surface area contributed by atoms with Gasteiger partial charge in [-0.3, -0.25) is 0 Å². The Kier molecular flexibility index (Phi) is 9.54. The quantitative estimate of drug-likeness (QED) is 0.101. The van der Waals surface area contributed by atoms with Gasteiger partial charge in [0.05, 0.1) is 16.6 Å². The molecular weight excluding hydrogens is 643 g/mol. The average molecular weight is 680 g/mol. The number of nitrogens with zero attached hydrogens (tertiary/aromatic N) is 3. The number of rotatable bonds is 11. The lowest BCUT2D eigenvalue weighted by atomic mass is 10.0. The first kappa shape index (κ1) is 32.0. The topological polar surface area (TPSA) is 29.0 Å². The van der Waals surface area contributed by atoms with Crippen molar-refractivity contribution in [2.75, 3.05) is 4.90 Å². The summed E-state index contributed by atoms with van der Waals surface area (Å²) < 4.78 is 9.55. The number of hydrogen-bond acceptors (Lipinski definition) is 6. The molecule has 0 bridgehead atoms. The molecule has 0 unspecified atom stereocenters. The second kappa shape index (κ2) is 14.3. The van der Waals surface area contributed by atoms with Crippen molar-refractivity contribution < 1.29 is 0 Å². The van der Waals surface area contributed by atoms with E-state index in [2.05, 4.69) is 135 Å². The second-order valence-electron chi connectivity index (χ2n) is 12.3. The Morgan fingerprint density at radius 1 is 0.625 bits per heavy atom. The predicted molar refractivity (Wildman–Crippen MR) is 209 cm³/mol. The van der Waals surface area contributed by atoms with Crippen LogP contribution in [-0.2, 0) is 6.42 Å². The van der Waals surface area contributed by atoms with Gasteiger partial charge < -0.3 is 4.90 Å². The molecule has 0 aliphatic rings. The Morgan fingerprint density at radius 3 is 1.77 bits per heavy atom. The van der Waals surface area contributed by atoms with Crippen LogP contribution in [0.1, 0.15) is 54.2 Å². The van der Waals surface area contributed by atoms with Crippen molar-refractivity contribution in [3.8, 4) is 43.7 Å². The third-order valence-electron chi connectivity index (χ3n) is 8.79. The third-order valence-corrected chi connectivity index (χ3v) is 11.6. The zero-order chi connectivity index (χ0) is 33.0. The molecule has 6 heteroatoms. The SMILES string of the molecule is C#Cc1sc(-c2ccc(-c3ccc(-c4ccc(N(c5ccc(C)cc5)c5ccc(C)cc5)cc4)s3)c3nsnc23)cc1CCCCCC. The highest BCUT2D eigenvalue weighted by Gasteiger charge is 2.18. The molecule has 238 valence electrons. The van der Waals surface area contributed by atoms with Crippen LogP contribution in [0.15, 0.2) is 103 Å². The summed E-state index contributed by atoms with van der Waals surface area (Å²) in [6, 6.07) is 37.4. The Balaban J connectivity index is 1.16. The maximum absolute atomic E-state index is 5.94. The van der Waals surface area contributed by atoms with E-state index in [-0.39, 0.29) is 0 Å². The minimum Gasteiger partial charge on any atom is -0.311 e. The smallest absolute Gasteiger partial charge is 0.114 e. The van der Waals surface area contributed by atoms with E-state index in [1.165, 1.54) is 74.3 Å². The lowest BCUT2D eigenvalue weighted by Gasteiger charge is -2.26. The molecule has 4 aromatic carbocycles. The summed E-state index contributed by atoms with van der Waals surface area (Å²) in [6.07, 6.45) is 11.9. The Labute approximate surface area is 295 Å².